The molecule has 0 aliphatic heterocycles. The number of benzene rings is 1. The molecule has 0 radical (unpaired) electrons. The van der Waals surface area contributed by atoms with E-state index in [1.54, 1.807) is 0 Å². The van der Waals surface area contributed by atoms with Crippen LogP contribution in [0.15, 0.2) is 18.2 Å². The predicted octanol–water partition coefficient (Wildman–Crippen LogP) is 2.32. The van der Waals surface area contributed by atoms with Crippen LogP contribution >= 0.6 is 0 Å². The Morgan fingerprint density at radius 1 is 1.36 bits per heavy atom. The van der Waals surface area contributed by atoms with Crippen molar-refractivity contribution in [3.8, 4) is 6.07 Å². The Bertz CT molecular complexity index is 585. The molecule has 1 aromatic carbocycles. The fourth-order valence-electron chi connectivity index (χ4n) is 1.85. The van der Waals surface area contributed by atoms with Crippen LogP contribution in [0.1, 0.15) is 36.0 Å². The van der Waals surface area contributed by atoms with Crippen molar-refractivity contribution in [1.29, 1.82) is 5.26 Å². The van der Waals surface area contributed by atoms with Crippen molar-refractivity contribution in [1.82, 2.24) is 5.32 Å². The first-order chi connectivity index (χ1) is 10.5. The maximum Gasteiger partial charge on any atom is 0.328 e. The lowest BCUT2D eigenvalue weighted by atomic mass is 10.1. The highest BCUT2D eigenvalue weighted by Gasteiger charge is 2.23. The molecule has 0 heterocycles. The lowest BCUT2D eigenvalue weighted by Gasteiger charge is -2.16. The van der Waals surface area contributed by atoms with Crippen LogP contribution in [0, 0.1) is 23.0 Å². The van der Waals surface area contributed by atoms with Crippen molar-refractivity contribution in [3.63, 3.8) is 0 Å². The number of carbonyl (C=O) groups is 2. The van der Waals surface area contributed by atoms with Crippen LogP contribution in [0.25, 0.3) is 0 Å². The highest BCUT2D eigenvalue weighted by molar-refractivity contribution is 5.96. The number of nitriles is 1. The van der Waals surface area contributed by atoms with E-state index in [9.17, 15) is 18.4 Å². The van der Waals surface area contributed by atoms with Crippen molar-refractivity contribution < 1.29 is 23.1 Å². The van der Waals surface area contributed by atoms with Crippen LogP contribution in [-0.2, 0) is 9.53 Å². The molecule has 7 heteroatoms. The highest BCUT2D eigenvalue weighted by Crippen LogP contribution is 2.11. The standard InChI is InChI=1S/C15H16F2N2O3/c1-22-15(21)13(5-3-2-4-8-18)19-14(20)11-7-6-10(16)9-12(11)17/h6-7,9,13H,2-5H2,1H3,(H,19,20)/t13-/m1/s1. The average molecular weight is 310 g/mol. The number of hydrogen-bond donors (Lipinski definition) is 1. The molecule has 0 spiro atoms. The van der Waals surface area contributed by atoms with E-state index in [-0.39, 0.29) is 12.0 Å². The maximum atomic E-state index is 13.5. The van der Waals surface area contributed by atoms with Crippen molar-refractivity contribution in [2.45, 2.75) is 31.7 Å². The molecule has 1 N–H and O–H groups in total. The molecule has 1 rings (SSSR count). The van der Waals surface area contributed by atoms with Gasteiger partial charge >= 0.3 is 5.97 Å². The van der Waals surface area contributed by atoms with Crippen molar-refractivity contribution in [2.75, 3.05) is 7.11 Å². The van der Waals surface area contributed by atoms with E-state index in [1.807, 2.05) is 6.07 Å². The highest BCUT2D eigenvalue weighted by atomic mass is 19.1. The normalized spacial score (nSPS) is 11.4. The van der Waals surface area contributed by atoms with Gasteiger partial charge in [-0.25, -0.2) is 13.6 Å². The summed E-state index contributed by atoms with van der Waals surface area (Å²) >= 11 is 0. The van der Waals surface area contributed by atoms with Gasteiger partial charge in [-0.05, 0) is 31.4 Å². The molecule has 0 aliphatic rings. The zero-order valence-electron chi connectivity index (χ0n) is 12.1. The van der Waals surface area contributed by atoms with E-state index in [0.29, 0.717) is 25.3 Å². The zero-order chi connectivity index (χ0) is 16.5. The Kier molecular flexibility index (Phi) is 6.96. The summed E-state index contributed by atoms with van der Waals surface area (Å²) in [6.45, 7) is 0. The topological polar surface area (TPSA) is 79.2 Å². The number of hydrogen-bond acceptors (Lipinski definition) is 4. The molecule has 0 unspecified atom stereocenters. The van der Waals surface area contributed by atoms with Gasteiger partial charge in [0.15, 0.2) is 0 Å². The number of carbonyl (C=O) groups excluding carboxylic acids is 2. The van der Waals surface area contributed by atoms with Crippen LogP contribution in [0.3, 0.4) is 0 Å². The Morgan fingerprint density at radius 2 is 2.09 bits per heavy atom. The van der Waals surface area contributed by atoms with E-state index in [0.717, 1.165) is 12.1 Å². The van der Waals surface area contributed by atoms with Crippen LogP contribution in [0.5, 0.6) is 0 Å². The van der Waals surface area contributed by atoms with E-state index >= 15 is 0 Å². The summed E-state index contributed by atoms with van der Waals surface area (Å²) in [5.41, 5.74) is -0.354. The third-order valence-corrected chi connectivity index (χ3v) is 3.00. The molecule has 118 valence electrons. The van der Waals surface area contributed by atoms with Gasteiger partial charge in [0.05, 0.1) is 18.7 Å². The molecule has 1 amide bonds. The van der Waals surface area contributed by atoms with Gasteiger partial charge in [-0.15, -0.1) is 0 Å². The van der Waals surface area contributed by atoms with E-state index in [1.165, 1.54) is 7.11 Å². The molecule has 0 aliphatic carbocycles. The van der Waals surface area contributed by atoms with Gasteiger partial charge in [0.25, 0.3) is 5.91 Å². The first kappa shape index (κ1) is 17.6. The number of amides is 1. The third-order valence-electron chi connectivity index (χ3n) is 3.00. The van der Waals surface area contributed by atoms with Crippen LogP contribution in [0.2, 0.25) is 0 Å². The minimum absolute atomic E-state index is 0.267. The first-order valence-corrected chi connectivity index (χ1v) is 6.70. The smallest absolute Gasteiger partial charge is 0.328 e. The maximum absolute atomic E-state index is 13.5. The summed E-state index contributed by atoms with van der Waals surface area (Å²) in [5, 5.41) is 10.8. The third kappa shape index (κ3) is 5.13. The summed E-state index contributed by atoms with van der Waals surface area (Å²) in [6, 6.07) is 3.58. The number of nitrogens with one attached hydrogen (secondary N) is 1. The lowest BCUT2D eigenvalue weighted by molar-refractivity contribution is -0.143. The lowest BCUT2D eigenvalue weighted by Crippen LogP contribution is -2.41. The van der Waals surface area contributed by atoms with Gasteiger partial charge in [-0.2, -0.15) is 5.26 Å². The van der Waals surface area contributed by atoms with Gasteiger partial charge in [-0.1, -0.05) is 0 Å². The molecule has 1 atom stereocenters. The fourth-order valence-corrected chi connectivity index (χ4v) is 1.85. The number of methoxy groups -OCH3 is 1. The molecule has 5 nitrogen and oxygen atoms in total. The SMILES string of the molecule is COC(=O)[C@@H](CCCCC#N)NC(=O)c1ccc(F)cc1F. The minimum Gasteiger partial charge on any atom is -0.467 e. The average Bonchev–Trinajstić information content (AvgIpc) is 2.49. The Labute approximate surface area is 126 Å². The summed E-state index contributed by atoms with van der Waals surface area (Å²) in [4.78, 5) is 23.6. The Morgan fingerprint density at radius 3 is 2.68 bits per heavy atom. The largest absolute Gasteiger partial charge is 0.467 e. The molecule has 0 bridgehead atoms. The zero-order valence-corrected chi connectivity index (χ0v) is 12.1. The number of ether oxygens (including phenoxy) is 1. The number of unbranched alkanes of at least 4 members (excludes halogenated alkanes) is 2. The summed E-state index contributed by atoms with van der Waals surface area (Å²) in [7, 11) is 1.18. The van der Waals surface area contributed by atoms with Crippen molar-refractivity contribution in [3.05, 3.63) is 35.4 Å². The second kappa shape index (κ2) is 8.72. The van der Waals surface area contributed by atoms with Crippen molar-refractivity contribution >= 4 is 11.9 Å². The van der Waals surface area contributed by atoms with Gasteiger partial charge in [0, 0.05) is 12.5 Å². The van der Waals surface area contributed by atoms with E-state index < -0.39 is 29.6 Å². The molecule has 22 heavy (non-hydrogen) atoms. The fraction of sp³-hybridized carbons (Fsp3) is 0.400. The van der Waals surface area contributed by atoms with Gasteiger partial charge in [-0.3, -0.25) is 4.79 Å². The summed E-state index contributed by atoms with van der Waals surface area (Å²) < 4.78 is 30.9. The van der Waals surface area contributed by atoms with Crippen LogP contribution in [-0.4, -0.2) is 25.0 Å². The number of rotatable bonds is 7. The Hall–Kier alpha value is -2.49. The number of esters is 1. The second-order valence-electron chi connectivity index (χ2n) is 4.58. The molecule has 0 saturated carbocycles. The van der Waals surface area contributed by atoms with Crippen molar-refractivity contribution in [2.24, 2.45) is 0 Å². The van der Waals surface area contributed by atoms with Crippen LogP contribution < -0.4 is 5.32 Å². The molecule has 0 saturated heterocycles. The second-order valence-corrected chi connectivity index (χ2v) is 4.58. The molecule has 1 aromatic rings. The van der Waals surface area contributed by atoms with Gasteiger partial charge in [0.1, 0.15) is 17.7 Å². The van der Waals surface area contributed by atoms with E-state index in [4.69, 9.17) is 5.26 Å². The molecule has 0 fully saturated rings. The van der Waals surface area contributed by atoms with Gasteiger partial charge < -0.3 is 10.1 Å². The number of nitrogens with zero attached hydrogens (tertiary/aromatic N) is 1. The summed E-state index contributed by atoms with van der Waals surface area (Å²) in [6.07, 6.45) is 1.71. The van der Waals surface area contributed by atoms with Crippen LogP contribution in [0.4, 0.5) is 8.78 Å². The van der Waals surface area contributed by atoms with Gasteiger partial charge in [0.2, 0.25) is 0 Å². The van der Waals surface area contributed by atoms with E-state index in [2.05, 4.69) is 10.1 Å². The summed E-state index contributed by atoms with van der Waals surface area (Å²) in [5.74, 6) is -3.29. The first-order valence-electron chi connectivity index (χ1n) is 6.70. The number of halogens is 2. The Balaban J connectivity index is 2.73. The predicted molar refractivity (Wildman–Crippen MR) is 73.7 cm³/mol. The molecular weight excluding hydrogens is 294 g/mol. The monoisotopic (exact) mass is 310 g/mol. The minimum atomic E-state index is -1.01. The quantitative estimate of drug-likeness (QED) is 0.619. The molecular formula is C15H16F2N2O3. The molecule has 0 aromatic heterocycles.